The maximum atomic E-state index is 6.88. The smallest absolute Gasteiger partial charge is 0.0238 e. The average molecular weight is 107 g/mol. The highest BCUT2D eigenvalue weighted by molar-refractivity contribution is 4.96. The van der Waals surface area contributed by atoms with Crippen LogP contribution >= 0.6 is 0 Å². The molecule has 43 valence electrons. The van der Waals surface area contributed by atoms with Crippen molar-refractivity contribution in [1.29, 1.82) is 0 Å². The third-order valence-electron chi connectivity index (χ3n) is 1.82. The molecule has 0 N–H and O–H groups in total. The number of hydrogen-bond donors (Lipinski definition) is 0. The van der Waals surface area contributed by atoms with Gasteiger partial charge >= 0.3 is 0 Å². The van der Waals surface area contributed by atoms with E-state index in [0.717, 1.165) is 12.3 Å². The third-order valence-corrected chi connectivity index (χ3v) is 1.82. The van der Waals surface area contributed by atoms with Gasteiger partial charge in [0.2, 0.25) is 0 Å². The van der Waals surface area contributed by atoms with Crippen LogP contribution in [0.5, 0.6) is 0 Å². The normalized spacial score (nSPS) is 22.0. The molecule has 8 heavy (non-hydrogen) atoms. The first-order valence-corrected chi connectivity index (χ1v) is 3.30. The molecule has 0 aromatic carbocycles. The molecule has 1 fully saturated rings. The van der Waals surface area contributed by atoms with Gasteiger partial charge in [-0.1, -0.05) is 12.8 Å². The Morgan fingerprint density at radius 2 is 2.38 bits per heavy atom. The van der Waals surface area contributed by atoms with Crippen LogP contribution in [-0.2, 0) is 0 Å². The molecule has 0 aromatic rings. The lowest BCUT2D eigenvalue weighted by atomic mass is 10.0. The van der Waals surface area contributed by atoms with Crippen LogP contribution < -0.4 is 0 Å². The predicted molar refractivity (Wildman–Crippen MR) is 33.6 cm³/mol. The first kappa shape index (κ1) is 5.69. The molecule has 0 spiro atoms. The van der Waals surface area contributed by atoms with Gasteiger partial charge in [0.1, 0.15) is 0 Å². The second-order valence-electron chi connectivity index (χ2n) is 2.50. The molecule has 0 heteroatoms. The van der Waals surface area contributed by atoms with Crippen molar-refractivity contribution < 1.29 is 0 Å². The van der Waals surface area contributed by atoms with Gasteiger partial charge in [0.25, 0.3) is 0 Å². The standard InChI is InChI=1S/C8H11/c1-3-7(4-2)8-5-6-8/h7-8H,3,5-6H2,1H3. The topological polar surface area (TPSA) is 0 Å². The minimum Gasteiger partial charge on any atom is -0.0854 e. The summed E-state index contributed by atoms with van der Waals surface area (Å²) < 4.78 is 0. The highest BCUT2D eigenvalue weighted by atomic mass is 14.3. The molecular formula is C8H11. The quantitative estimate of drug-likeness (QED) is 0.473. The van der Waals surface area contributed by atoms with Crippen molar-refractivity contribution >= 4 is 0 Å². The lowest BCUT2D eigenvalue weighted by molar-refractivity contribution is 0.570. The van der Waals surface area contributed by atoms with E-state index in [1.807, 2.05) is 0 Å². The summed E-state index contributed by atoms with van der Waals surface area (Å²) in [5, 5.41) is 0. The Balaban J connectivity index is 2.29. The molecule has 0 heterocycles. The second kappa shape index (κ2) is 2.22. The lowest BCUT2D eigenvalue weighted by Gasteiger charge is -2.00. The van der Waals surface area contributed by atoms with Crippen LogP contribution in [0.2, 0.25) is 0 Å². The molecule has 1 saturated carbocycles. The summed E-state index contributed by atoms with van der Waals surface area (Å²) in [5.74, 6) is 3.88. The summed E-state index contributed by atoms with van der Waals surface area (Å²) in [6, 6.07) is 0. The van der Waals surface area contributed by atoms with Gasteiger partial charge in [-0.3, -0.25) is 0 Å². The maximum Gasteiger partial charge on any atom is 0.0238 e. The Morgan fingerprint density at radius 3 is 2.50 bits per heavy atom. The summed E-state index contributed by atoms with van der Waals surface area (Å²) in [7, 11) is 0. The monoisotopic (exact) mass is 107 g/mol. The van der Waals surface area contributed by atoms with E-state index in [4.69, 9.17) is 6.42 Å². The molecule has 1 unspecified atom stereocenters. The van der Waals surface area contributed by atoms with Crippen molar-refractivity contribution in [2.45, 2.75) is 26.2 Å². The molecule has 0 aliphatic heterocycles. The van der Waals surface area contributed by atoms with Gasteiger partial charge in [0, 0.05) is 5.92 Å². The van der Waals surface area contributed by atoms with E-state index < -0.39 is 0 Å². The zero-order valence-corrected chi connectivity index (χ0v) is 5.28. The van der Waals surface area contributed by atoms with Crippen molar-refractivity contribution in [3.05, 3.63) is 6.42 Å². The van der Waals surface area contributed by atoms with Crippen molar-refractivity contribution in [1.82, 2.24) is 0 Å². The summed E-state index contributed by atoms with van der Waals surface area (Å²) in [6.07, 6.45) is 10.7. The van der Waals surface area contributed by atoms with Crippen LogP contribution in [0.4, 0.5) is 0 Å². The highest BCUT2D eigenvalue weighted by Crippen LogP contribution is 2.37. The van der Waals surface area contributed by atoms with Gasteiger partial charge in [-0.25, -0.2) is 0 Å². The molecule has 0 nitrogen and oxygen atoms in total. The minimum atomic E-state index is 0.481. The first-order valence-electron chi connectivity index (χ1n) is 3.30. The van der Waals surface area contributed by atoms with Crippen LogP contribution in [0.15, 0.2) is 0 Å². The molecule has 0 aromatic heterocycles. The van der Waals surface area contributed by atoms with Crippen molar-refractivity contribution in [2.75, 3.05) is 0 Å². The third kappa shape index (κ3) is 1.04. The Morgan fingerprint density at radius 1 is 1.75 bits per heavy atom. The molecule has 0 bridgehead atoms. The first-order chi connectivity index (χ1) is 3.88. The Hall–Kier alpha value is -0.440. The largest absolute Gasteiger partial charge is 0.0854 e. The fraction of sp³-hybridized carbons (Fsp3) is 0.750. The predicted octanol–water partition coefficient (Wildman–Crippen LogP) is 2.01. The number of rotatable bonds is 2. The average Bonchev–Trinajstić information content (AvgIpc) is 2.53. The fourth-order valence-electron chi connectivity index (χ4n) is 1.05. The van der Waals surface area contributed by atoms with E-state index in [1.54, 1.807) is 0 Å². The van der Waals surface area contributed by atoms with Crippen molar-refractivity contribution in [2.24, 2.45) is 11.8 Å². The SMILES string of the molecule is [C]#CC(CC)C1CC1. The summed E-state index contributed by atoms with van der Waals surface area (Å²) in [6.45, 7) is 2.13. The Labute approximate surface area is 51.3 Å². The minimum absolute atomic E-state index is 0.481. The van der Waals surface area contributed by atoms with Gasteiger partial charge in [-0.15, -0.1) is 0 Å². The van der Waals surface area contributed by atoms with E-state index in [0.29, 0.717) is 5.92 Å². The molecule has 1 atom stereocenters. The van der Waals surface area contributed by atoms with Crippen LogP contribution in [0.3, 0.4) is 0 Å². The van der Waals surface area contributed by atoms with Gasteiger partial charge in [-0.05, 0) is 31.6 Å². The van der Waals surface area contributed by atoms with Crippen molar-refractivity contribution in [3.63, 3.8) is 0 Å². The fourth-order valence-corrected chi connectivity index (χ4v) is 1.05. The van der Waals surface area contributed by atoms with Gasteiger partial charge in [0.05, 0.1) is 0 Å². The second-order valence-corrected chi connectivity index (χ2v) is 2.50. The molecule has 1 aliphatic carbocycles. The van der Waals surface area contributed by atoms with Gasteiger partial charge in [-0.2, -0.15) is 0 Å². The molecule has 1 aliphatic rings. The van der Waals surface area contributed by atoms with E-state index in [-0.39, 0.29) is 0 Å². The molecule has 0 amide bonds. The molecule has 1 radical (unpaired) electrons. The summed E-state index contributed by atoms with van der Waals surface area (Å²) in [5.41, 5.74) is 0. The maximum absolute atomic E-state index is 6.88. The molecule has 0 saturated heterocycles. The van der Waals surface area contributed by atoms with Crippen molar-refractivity contribution in [3.8, 4) is 5.92 Å². The van der Waals surface area contributed by atoms with E-state index in [9.17, 15) is 0 Å². The van der Waals surface area contributed by atoms with Crippen LogP contribution in [-0.4, -0.2) is 0 Å². The highest BCUT2D eigenvalue weighted by Gasteiger charge is 2.28. The Bertz CT molecular complexity index is 104. The lowest BCUT2D eigenvalue weighted by Crippen LogP contribution is -1.95. The molecule has 1 rings (SSSR count). The van der Waals surface area contributed by atoms with Gasteiger partial charge < -0.3 is 0 Å². The molecular weight excluding hydrogens is 96.1 g/mol. The van der Waals surface area contributed by atoms with Gasteiger partial charge in [0.15, 0.2) is 0 Å². The van der Waals surface area contributed by atoms with E-state index >= 15 is 0 Å². The zero-order valence-electron chi connectivity index (χ0n) is 5.28. The van der Waals surface area contributed by atoms with E-state index in [1.165, 1.54) is 12.8 Å². The summed E-state index contributed by atoms with van der Waals surface area (Å²) >= 11 is 0. The Kier molecular flexibility index (Phi) is 1.58. The van der Waals surface area contributed by atoms with Crippen LogP contribution in [0.25, 0.3) is 0 Å². The summed E-state index contributed by atoms with van der Waals surface area (Å²) in [4.78, 5) is 0. The van der Waals surface area contributed by atoms with E-state index in [2.05, 4.69) is 12.8 Å². The number of hydrogen-bond acceptors (Lipinski definition) is 0. The van der Waals surface area contributed by atoms with Crippen LogP contribution in [0, 0.1) is 24.2 Å². The zero-order chi connectivity index (χ0) is 5.98. The van der Waals surface area contributed by atoms with Crippen LogP contribution in [0.1, 0.15) is 26.2 Å².